The van der Waals surface area contributed by atoms with Gasteiger partial charge >= 0.3 is 0 Å². The molecule has 3 nitrogen and oxygen atoms in total. The Kier molecular flexibility index (Phi) is 6.98. The third kappa shape index (κ3) is 5.56. The summed E-state index contributed by atoms with van der Waals surface area (Å²) >= 11 is 0. The van der Waals surface area contributed by atoms with Crippen LogP contribution in [-0.4, -0.2) is 10.9 Å². The lowest BCUT2D eigenvalue weighted by molar-refractivity contribution is -0.115. The number of hydrogen-bond donors (Lipinski definition) is 1. The van der Waals surface area contributed by atoms with Crippen LogP contribution in [-0.2, 0) is 4.79 Å². The van der Waals surface area contributed by atoms with Crippen LogP contribution in [0.4, 0.5) is 5.69 Å². The van der Waals surface area contributed by atoms with E-state index in [0.717, 1.165) is 47.0 Å². The second-order valence-corrected chi connectivity index (χ2v) is 6.59. The van der Waals surface area contributed by atoms with E-state index in [1.165, 1.54) is 0 Å². The van der Waals surface area contributed by atoms with Gasteiger partial charge in [0.25, 0.3) is 0 Å². The number of pyridine rings is 1. The van der Waals surface area contributed by atoms with Crippen molar-refractivity contribution in [3.63, 3.8) is 0 Å². The minimum Gasteiger partial charge on any atom is -0.324 e. The van der Waals surface area contributed by atoms with Gasteiger partial charge in [0.05, 0.1) is 17.6 Å². The first-order valence-electron chi connectivity index (χ1n) is 9.64. The number of para-hydroxylation sites is 1. The van der Waals surface area contributed by atoms with Crippen molar-refractivity contribution in [1.29, 1.82) is 0 Å². The van der Waals surface area contributed by atoms with Crippen LogP contribution in [0.15, 0.2) is 72.4 Å². The Morgan fingerprint density at radius 2 is 1.89 bits per heavy atom. The van der Waals surface area contributed by atoms with Crippen LogP contribution in [0, 0.1) is 11.8 Å². The number of unbranched alkanes of at least 4 members (excludes halogenated alkanes) is 2. The summed E-state index contributed by atoms with van der Waals surface area (Å²) in [5.74, 6) is 6.29. The Balaban J connectivity index is 1.78. The van der Waals surface area contributed by atoms with Gasteiger partial charge in [-0.15, -0.1) is 0 Å². The smallest absolute Gasteiger partial charge is 0.229 e. The highest BCUT2D eigenvalue weighted by molar-refractivity contribution is 6.01. The highest BCUT2D eigenvalue weighted by Crippen LogP contribution is 2.21. The molecule has 0 aliphatic heterocycles. The molecule has 3 aromatic rings. The summed E-state index contributed by atoms with van der Waals surface area (Å²) in [4.78, 5) is 17.1. The number of fused-ring (bicyclic) bond motifs is 1. The summed E-state index contributed by atoms with van der Waals surface area (Å²) in [7, 11) is 0. The zero-order valence-electron chi connectivity index (χ0n) is 16.1. The SMILES string of the molecule is CCCCC#C/C(=C/c1ccccc1)CC(=O)Nc1cccc2cccnc12. The van der Waals surface area contributed by atoms with Gasteiger partial charge in [0.2, 0.25) is 5.91 Å². The number of benzene rings is 2. The predicted octanol–water partition coefficient (Wildman–Crippen LogP) is 5.84. The van der Waals surface area contributed by atoms with E-state index in [1.807, 2.05) is 66.7 Å². The molecule has 0 saturated heterocycles. The molecule has 28 heavy (non-hydrogen) atoms. The van der Waals surface area contributed by atoms with Gasteiger partial charge in [0.15, 0.2) is 0 Å². The van der Waals surface area contributed by atoms with Crippen LogP contribution >= 0.6 is 0 Å². The summed E-state index contributed by atoms with van der Waals surface area (Å²) in [6, 6.07) is 19.6. The van der Waals surface area contributed by atoms with Crippen molar-refractivity contribution >= 4 is 28.6 Å². The second kappa shape index (κ2) is 10.1. The standard InChI is InChI=1S/C25H24N2O/c1-2-3-4-6-13-21(18-20-11-7-5-8-12-20)19-24(28)27-23-16-9-14-22-15-10-17-26-25(22)23/h5,7-12,14-18H,2-4,19H2,1H3,(H,27,28)/b21-18-. The van der Waals surface area contributed by atoms with Crippen LogP contribution in [0.5, 0.6) is 0 Å². The molecule has 1 aromatic heterocycles. The highest BCUT2D eigenvalue weighted by Gasteiger charge is 2.08. The molecule has 0 spiro atoms. The number of nitrogens with zero attached hydrogens (tertiary/aromatic N) is 1. The number of carbonyl (C=O) groups excluding carboxylic acids is 1. The molecule has 0 atom stereocenters. The molecule has 0 bridgehead atoms. The van der Waals surface area contributed by atoms with E-state index in [2.05, 4.69) is 29.1 Å². The largest absolute Gasteiger partial charge is 0.324 e. The van der Waals surface area contributed by atoms with Crippen molar-refractivity contribution in [2.45, 2.75) is 32.6 Å². The van der Waals surface area contributed by atoms with Crippen LogP contribution in [0.25, 0.3) is 17.0 Å². The average molecular weight is 368 g/mol. The topological polar surface area (TPSA) is 42.0 Å². The van der Waals surface area contributed by atoms with Crippen molar-refractivity contribution in [3.05, 3.63) is 78.0 Å². The van der Waals surface area contributed by atoms with Crippen molar-refractivity contribution in [2.24, 2.45) is 0 Å². The molecule has 0 aliphatic carbocycles. The van der Waals surface area contributed by atoms with Crippen molar-refractivity contribution in [2.75, 3.05) is 5.32 Å². The molecule has 1 amide bonds. The van der Waals surface area contributed by atoms with Gasteiger partial charge in [0, 0.05) is 23.6 Å². The lowest BCUT2D eigenvalue weighted by Crippen LogP contribution is -2.12. The summed E-state index contributed by atoms with van der Waals surface area (Å²) in [5, 5.41) is 3.99. The van der Waals surface area contributed by atoms with Crippen LogP contribution in [0.2, 0.25) is 0 Å². The van der Waals surface area contributed by atoms with E-state index in [-0.39, 0.29) is 12.3 Å². The maximum Gasteiger partial charge on any atom is 0.229 e. The van der Waals surface area contributed by atoms with Crippen molar-refractivity contribution < 1.29 is 4.79 Å². The molecule has 2 aromatic carbocycles. The number of anilines is 1. The number of aromatic nitrogens is 1. The normalized spacial score (nSPS) is 11.0. The number of carbonyl (C=O) groups is 1. The fraction of sp³-hybridized carbons (Fsp3) is 0.200. The minimum absolute atomic E-state index is 0.0925. The van der Waals surface area contributed by atoms with Crippen molar-refractivity contribution in [1.82, 2.24) is 4.98 Å². The molecule has 0 unspecified atom stereocenters. The van der Waals surface area contributed by atoms with Gasteiger partial charge in [-0.25, -0.2) is 0 Å². The third-order valence-electron chi connectivity index (χ3n) is 4.30. The Hall–Kier alpha value is -3.38. The first-order valence-corrected chi connectivity index (χ1v) is 9.64. The fourth-order valence-electron chi connectivity index (χ4n) is 2.90. The quantitative estimate of drug-likeness (QED) is 0.439. The molecule has 3 rings (SSSR count). The molecule has 3 heteroatoms. The fourth-order valence-corrected chi connectivity index (χ4v) is 2.90. The first kappa shape index (κ1) is 19.4. The number of hydrogen-bond acceptors (Lipinski definition) is 2. The zero-order chi connectivity index (χ0) is 19.6. The second-order valence-electron chi connectivity index (χ2n) is 6.59. The minimum atomic E-state index is -0.0925. The van der Waals surface area contributed by atoms with Crippen molar-refractivity contribution in [3.8, 4) is 11.8 Å². The lowest BCUT2D eigenvalue weighted by Gasteiger charge is -2.08. The van der Waals surface area contributed by atoms with Gasteiger partial charge in [0.1, 0.15) is 0 Å². The number of rotatable bonds is 6. The first-order chi connectivity index (χ1) is 13.8. The molecule has 0 aliphatic rings. The Labute approximate surface area is 166 Å². The van der Waals surface area contributed by atoms with E-state index in [1.54, 1.807) is 6.20 Å². The average Bonchev–Trinajstić information content (AvgIpc) is 2.72. The predicted molar refractivity (Wildman–Crippen MR) is 117 cm³/mol. The molecule has 0 fully saturated rings. The number of amides is 1. The zero-order valence-corrected chi connectivity index (χ0v) is 16.1. The summed E-state index contributed by atoms with van der Waals surface area (Å²) in [5.41, 5.74) is 3.37. The monoisotopic (exact) mass is 368 g/mol. The summed E-state index contributed by atoms with van der Waals surface area (Å²) < 4.78 is 0. The van der Waals surface area contributed by atoms with Gasteiger partial charge in [-0.3, -0.25) is 9.78 Å². The Morgan fingerprint density at radius 3 is 2.71 bits per heavy atom. The van der Waals surface area contributed by atoms with Gasteiger partial charge < -0.3 is 5.32 Å². The third-order valence-corrected chi connectivity index (χ3v) is 4.30. The van der Waals surface area contributed by atoms with Gasteiger partial charge in [-0.2, -0.15) is 0 Å². The Morgan fingerprint density at radius 1 is 1.07 bits per heavy atom. The van der Waals surface area contributed by atoms with E-state index in [9.17, 15) is 4.79 Å². The number of nitrogens with one attached hydrogen (secondary N) is 1. The molecule has 140 valence electrons. The van der Waals surface area contributed by atoms with Gasteiger partial charge in [-0.05, 0) is 30.2 Å². The van der Waals surface area contributed by atoms with Crippen LogP contribution in [0.3, 0.4) is 0 Å². The molecule has 1 heterocycles. The highest BCUT2D eigenvalue weighted by atomic mass is 16.1. The van der Waals surface area contributed by atoms with E-state index in [4.69, 9.17) is 0 Å². The molecular weight excluding hydrogens is 344 g/mol. The van der Waals surface area contributed by atoms with E-state index in [0.29, 0.717) is 0 Å². The van der Waals surface area contributed by atoms with Gasteiger partial charge in [-0.1, -0.05) is 73.7 Å². The van der Waals surface area contributed by atoms with E-state index >= 15 is 0 Å². The van der Waals surface area contributed by atoms with E-state index < -0.39 is 0 Å². The summed E-state index contributed by atoms with van der Waals surface area (Å²) in [6.07, 6.45) is 6.98. The van der Waals surface area contributed by atoms with Crippen LogP contribution < -0.4 is 5.32 Å². The molecule has 1 N–H and O–H groups in total. The molecule has 0 saturated carbocycles. The molecule has 0 radical (unpaired) electrons. The lowest BCUT2D eigenvalue weighted by atomic mass is 10.1. The summed E-state index contributed by atoms with van der Waals surface area (Å²) in [6.45, 7) is 2.15. The molecular formula is C25H24N2O. The van der Waals surface area contributed by atoms with Crippen LogP contribution in [0.1, 0.15) is 38.2 Å². The Bertz CT molecular complexity index is 1020. The maximum atomic E-state index is 12.7. The maximum absolute atomic E-state index is 12.7.